The van der Waals surface area contributed by atoms with Gasteiger partial charge in [0.15, 0.2) is 0 Å². The maximum absolute atomic E-state index is 8.65. The third-order valence-electron chi connectivity index (χ3n) is 5.11. The van der Waals surface area contributed by atoms with Crippen molar-refractivity contribution in [3.63, 3.8) is 0 Å². The Balaban J connectivity index is 0.000000178. The van der Waals surface area contributed by atoms with Crippen molar-refractivity contribution in [1.82, 2.24) is 0 Å². The Morgan fingerprint density at radius 3 is 1.96 bits per heavy atom. The lowest BCUT2D eigenvalue weighted by Gasteiger charge is -2.18. The van der Waals surface area contributed by atoms with E-state index < -0.39 is 0 Å². The minimum Gasteiger partial charge on any atom is -0.508 e. The summed E-state index contributed by atoms with van der Waals surface area (Å²) in [6.45, 7) is 0. The van der Waals surface area contributed by atoms with Crippen LogP contribution in [0.25, 0.3) is 21.5 Å². The number of fused-ring (bicyclic) bond motifs is 5. The largest absolute Gasteiger partial charge is 0.508 e. The van der Waals surface area contributed by atoms with Gasteiger partial charge in [0, 0.05) is 0 Å². The van der Waals surface area contributed by atoms with Gasteiger partial charge in [0.05, 0.1) is 0 Å². The van der Waals surface area contributed by atoms with Crippen molar-refractivity contribution >= 4 is 21.5 Å². The molecule has 0 fully saturated rings. The maximum atomic E-state index is 8.65. The fourth-order valence-corrected chi connectivity index (χ4v) is 3.80. The minimum atomic E-state index is 0.169. The number of aromatic hydroxyl groups is 2. The van der Waals surface area contributed by atoms with Crippen LogP contribution < -0.4 is 0 Å². The monoisotopic (exact) mass is 342 g/mol. The molecule has 0 saturated carbocycles. The number of phenolic OH excluding ortho intramolecular Hbond substituents is 2. The molecule has 0 radical (unpaired) electrons. The lowest BCUT2D eigenvalue weighted by atomic mass is 9.86. The third kappa shape index (κ3) is 3.23. The molecule has 130 valence electrons. The predicted octanol–water partition coefficient (Wildman–Crippen LogP) is 5.97. The van der Waals surface area contributed by atoms with E-state index in [4.69, 9.17) is 10.2 Å². The SMILES string of the molecule is Oc1ccc(O)cc1.c1ccc2c(c1)ccc1c3c(ccc12)CCCC3. The molecule has 2 N–H and O–H groups in total. The first-order chi connectivity index (χ1) is 12.7. The summed E-state index contributed by atoms with van der Waals surface area (Å²) in [7, 11) is 0. The third-order valence-corrected chi connectivity index (χ3v) is 5.11. The second-order valence-corrected chi connectivity index (χ2v) is 6.81. The summed E-state index contributed by atoms with van der Waals surface area (Å²) in [6.07, 6.45) is 5.22. The van der Waals surface area contributed by atoms with Crippen molar-refractivity contribution in [3.8, 4) is 11.5 Å². The fourth-order valence-electron chi connectivity index (χ4n) is 3.80. The van der Waals surface area contributed by atoms with E-state index in [1.54, 1.807) is 11.1 Å². The van der Waals surface area contributed by atoms with Gasteiger partial charge in [-0.1, -0.05) is 48.5 Å². The Hall–Kier alpha value is -3.00. The summed E-state index contributed by atoms with van der Waals surface area (Å²) in [6, 6.07) is 23.7. The van der Waals surface area contributed by atoms with E-state index in [1.165, 1.54) is 71.5 Å². The minimum absolute atomic E-state index is 0.169. The summed E-state index contributed by atoms with van der Waals surface area (Å²) in [5.41, 5.74) is 3.17. The van der Waals surface area contributed by atoms with Gasteiger partial charge in [-0.05, 0) is 82.6 Å². The van der Waals surface area contributed by atoms with Crippen LogP contribution in [0.5, 0.6) is 11.5 Å². The number of rotatable bonds is 0. The molecule has 26 heavy (non-hydrogen) atoms. The van der Waals surface area contributed by atoms with E-state index in [2.05, 4.69) is 48.5 Å². The van der Waals surface area contributed by atoms with Crippen LogP contribution in [0, 0.1) is 0 Å². The first kappa shape index (κ1) is 16.5. The number of phenols is 2. The van der Waals surface area contributed by atoms with Gasteiger partial charge in [0.2, 0.25) is 0 Å². The highest BCUT2D eigenvalue weighted by Gasteiger charge is 2.13. The molecule has 0 bridgehead atoms. The maximum Gasteiger partial charge on any atom is 0.115 e. The zero-order valence-electron chi connectivity index (χ0n) is 14.7. The highest BCUT2D eigenvalue weighted by atomic mass is 16.3. The van der Waals surface area contributed by atoms with E-state index >= 15 is 0 Å². The van der Waals surface area contributed by atoms with Gasteiger partial charge in [-0.3, -0.25) is 0 Å². The molecule has 0 unspecified atom stereocenters. The van der Waals surface area contributed by atoms with Crippen LogP contribution in [0.2, 0.25) is 0 Å². The molecule has 0 amide bonds. The van der Waals surface area contributed by atoms with E-state index in [0.29, 0.717) is 0 Å². The fraction of sp³-hybridized carbons (Fsp3) is 0.167. The molecule has 4 aromatic rings. The molecule has 0 atom stereocenters. The highest BCUT2D eigenvalue weighted by Crippen LogP contribution is 2.33. The Bertz CT molecular complexity index is 1030. The lowest BCUT2D eigenvalue weighted by Crippen LogP contribution is -2.02. The Kier molecular flexibility index (Phi) is 4.49. The molecular formula is C24H22O2. The van der Waals surface area contributed by atoms with Crippen LogP contribution in [0.3, 0.4) is 0 Å². The Morgan fingerprint density at radius 2 is 1.19 bits per heavy atom. The van der Waals surface area contributed by atoms with Crippen LogP contribution in [-0.4, -0.2) is 10.2 Å². The van der Waals surface area contributed by atoms with E-state index in [-0.39, 0.29) is 11.5 Å². The van der Waals surface area contributed by atoms with Gasteiger partial charge < -0.3 is 10.2 Å². The van der Waals surface area contributed by atoms with Gasteiger partial charge in [0.25, 0.3) is 0 Å². The number of hydrogen-bond donors (Lipinski definition) is 2. The van der Waals surface area contributed by atoms with Crippen molar-refractivity contribution in [2.75, 3.05) is 0 Å². The number of aryl methyl sites for hydroxylation is 2. The summed E-state index contributed by atoms with van der Waals surface area (Å²) < 4.78 is 0. The molecule has 0 aliphatic heterocycles. The van der Waals surface area contributed by atoms with Gasteiger partial charge >= 0.3 is 0 Å². The molecule has 2 heteroatoms. The second-order valence-electron chi connectivity index (χ2n) is 6.81. The van der Waals surface area contributed by atoms with Crippen molar-refractivity contribution in [1.29, 1.82) is 0 Å². The molecule has 5 rings (SSSR count). The van der Waals surface area contributed by atoms with E-state index in [9.17, 15) is 0 Å². The van der Waals surface area contributed by atoms with Gasteiger partial charge in [0.1, 0.15) is 11.5 Å². The molecule has 0 saturated heterocycles. The Labute approximate surface area is 153 Å². The van der Waals surface area contributed by atoms with Crippen molar-refractivity contribution < 1.29 is 10.2 Å². The zero-order chi connectivity index (χ0) is 17.9. The average molecular weight is 342 g/mol. The quantitative estimate of drug-likeness (QED) is 0.305. The molecule has 1 aliphatic carbocycles. The van der Waals surface area contributed by atoms with Crippen LogP contribution in [-0.2, 0) is 12.8 Å². The molecule has 0 aromatic heterocycles. The van der Waals surface area contributed by atoms with Gasteiger partial charge in [-0.15, -0.1) is 0 Å². The molecule has 0 spiro atoms. The van der Waals surface area contributed by atoms with Crippen molar-refractivity contribution in [2.45, 2.75) is 25.7 Å². The molecule has 0 heterocycles. The first-order valence-corrected chi connectivity index (χ1v) is 9.12. The smallest absolute Gasteiger partial charge is 0.115 e. The van der Waals surface area contributed by atoms with Gasteiger partial charge in [-0.25, -0.2) is 0 Å². The van der Waals surface area contributed by atoms with Gasteiger partial charge in [-0.2, -0.15) is 0 Å². The molecule has 4 aromatic carbocycles. The first-order valence-electron chi connectivity index (χ1n) is 9.12. The van der Waals surface area contributed by atoms with Crippen LogP contribution >= 0.6 is 0 Å². The predicted molar refractivity (Wildman–Crippen MR) is 108 cm³/mol. The summed E-state index contributed by atoms with van der Waals surface area (Å²) in [5.74, 6) is 0.339. The standard InChI is InChI=1S/C18H16.C6H6O2/c1-3-7-15-13(5-1)9-11-18-16-8-4-2-6-14(16)10-12-17(15)18;7-5-1-2-6(8)4-3-5/h1,3,5,7,9-12H,2,4,6,8H2;1-4,7-8H. The zero-order valence-corrected chi connectivity index (χ0v) is 14.7. The highest BCUT2D eigenvalue weighted by molar-refractivity contribution is 6.08. The topological polar surface area (TPSA) is 40.5 Å². The summed E-state index contributed by atoms with van der Waals surface area (Å²) >= 11 is 0. The lowest BCUT2D eigenvalue weighted by molar-refractivity contribution is 0.460. The van der Waals surface area contributed by atoms with E-state index in [0.717, 1.165) is 0 Å². The second kappa shape index (κ2) is 7.09. The summed E-state index contributed by atoms with van der Waals surface area (Å²) in [5, 5.41) is 22.9. The molecule has 1 aliphatic rings. The van der Waals surface area contributed by atoms with Crippen LogP contribution in [0.15, 0.2) is 72.8 Å². The van der Waals surface area contributed by atoms with Crippen molar-refractivity contribution in [3.05, 3.63) is 83.9 Å². The molecule has 2 nitrogen and oxygen atoms in total. The summed E-state index contributed by atoms with van der Waals surface area (Å²) in [4.78, 5) is 0. The average Bonchev–Trinajstić information content (AvgIpc) is 2.70. The van der Waals surface area contributed by atoms with Crippen LogP contribution in [0.4, 0.5) is 0 Å². The number of hydrogen-bond acceptors (Lipinski definition) is 2. The normalized spacial score (nSPS) is 13.1. The molecular weight excluding hydrogens is 320 g/mol. The van der Waals surface area contributed by atoms with Crippen molar-refractivity contribution in [2.24, 2.45) is 0 Å². The number of benzene rings is 4. The van der Waals surface area contributed by atoms with Crippen LogP contribution in [0.1, 0.15) is 24.0 Å². The van der Waals surface area contributed by atoms with E-state index in [1.807, 2.05) is 0 Å². The Morgan fingerprint density at radius 1 is 0.538 bits per heavy atom.